The minimum atomic E-state index is 0. The second kappa shape index (κ2) is 10.7. The van der Waals surface area contributed by atoms with Crippen LogP contribution in [-0.4, -0.2) is 35.6 Å². The van der Waals surface area contributed by atoms with E-state index in [9.17, 15) is 0 Å². The molecular weight excluding hydrogens is 469 g/mol. The molecule has 0 bridgehead atoms. The third-order valence-electron chi connectivity index (χ3n) is 4.37. The first-order valence-corrected chi connectivity index (χ1v) is 9.99. The highest BCUT2D eigenvalue weighted by atomic mass is 127. The molecule has 5 nitrogen and oxygen atoms in total. The number of aliphatic imine (C=N–C) groups is 1. The van der Waals surface area contributed by atoms with E-state index >= 15 is 0 Å². The second-order valence-electron chi connectivity index (χ2n) is 6.30. The number of aromatic amines is 1. The Labute approximate surface area is 182 Å². The quantitative estimate of drug-likeness (QED) is 0.261. The van der Waals surface area contributed by atoms with Crippen LogP contribution in [0.15, 0.2) is 35.5 Å². The third kappa shape index (κ3) is 5.93. The number of aryl methyl sites for hydroxylation is 2. The number of halogens is 1. The highest BCUT2D eigenvalue weighted by Gasteiger charge is 2.05. The molecule has 27 heavy (non-hydrogen) atoms. The highest BCUT2D eigenvalue weighted by Crippen LogP contribution is 2.18. The van der Waals surface area contributed by atoms with E-state index in [0.717, 1.165) is 44.1 Å². The van der Waals surface area contributed by atoms with Crippen LogP contribution in [0.5, 0.6) is 0 Å². The lowest BCUT2D eigenvalue weighted by molar-refractivity contribution is 0.798. The molecule has 0 aliphatic rings. The van der Waals surface area contributed by atoms with E-state index < -0.39 is 0 Å². The molecule has 0 aliphatic carbocycles. The summed E-state index contributed by atoms with van der Waals surface area (Å²) >= 11 is 1.77. The molecule has 146 valence electrons. The monoisotopic (exact) mass is 497 g/mol. The molecule has 2 aromatic heterocycles. The van der Waals surface area contributed by atoms with Crippen molar-refractivity contribution in [3.05, 3.63) is 51.6 Å². The maximum Gasteiger partial charge on any atom is 0.191 e. The molecule has 7 heteroatoms. The van der Waals surface area contributed by atoms with Crippen molar-refractivity contribution < 1.29 is 0 Å². The van der Waals surface area contributed by atoms with Crippen LogP contribution in [0.4, 0.5) is 0 Å². The van der Waals surface area contributed by atoms with Gasteiger partial charge in [0.15, 0.2) is 5.96 Å². The molecule has 0 spiro atoms. The van der Waals surface area contributed by atoms with Gasteiger partial charge in [0.2, 0.25) is 0 Å². The SMILES string of the molecule is CCNC(=NCCc1nc(C)c(C)s1)NCCc1c[nH]c2ccccc12.I. The van der Waals surface area contributed by atoms with Crippen molar-refractivity contribution in [2.75, 3.05) is 19.6 Å². The summed E-state index contributed by atoms with van der Waals surface area (Å²) < 4.78 is 0. The number of nitrogens with zero attached hydrogens (tertiary/aromatic N) is 2. The van der Waals surface area contributed by atoms with Crippen LogP contribution in [0, 0.1) is 13.8 Å². The van der Waals surface area contributed by atoms with Crippen molar-refractivity contribution in [2.24, 2.45) is 4.99 Å². The Morgan fingerprint density at radius 2 is 2.00 bits per heavy atom. The number of rotatable bonds is 7. The molecule has 0 atom stereocenters. The van der Waals surface area contributed by atoms with E-state index in [4.69, 9.17) is 0 Å². The van der Waals surface area contributed by atoms with Crippen molar-refractivity contribution in [2.45, 2.75) is 33.6 Å². The number of guanidine groups is 1. The molecule has 0 aliphatic heterocycles. The van der Waals surface area contributed by atoms with E-state index in [2.05, 4.69) is 76.8 Å². The summed E-state index contributed by atoms with van der Waals surface area (Å²) in [6.45, 7) is 8.72. The molecule has 0 saturated heterocycles. The summed E-state index contributed by atoms with van der Waals surface area (Å²) in [5, 5.41) is 9.21. The van der Waals surface area contributed by atoms with Gasteiger partial charge in [0.1, 0.15) is 0 Å². The first-order valence-electron chi connectivity index (χ1n) is 9.17. The lowest BCUT2D eigenvalue weighted by Gasteiger charge is -2.10. The zero-order valence-electron chi connectivity index (χ0n) is 16.1. The standard InChI is InChI=1S/C20H27N5S.HI/c1-4-21-20(23-12-10-19-25-14(2)15(3)26-19)22-11-9-16-13-24-18-8-6-5-7-17(16)18;/h5-8,13,24H,4,9-12H2,1-3H3,(H2,21,22,23);1H. The van der Waals surface area contributed by atoms with Gasteiger partial charge in [-0.2, -0.15) is 0 Å². The molecule has 0 fully saturated rings. The largest absolute Gasteiger partial charge is 0.361 e. The van der Waals surface area contributed by atoms with E-state index in [1.165, 1.54) is 26.4 Å². The van der Waals surface area contributed by atoms with Crippen LogP contribution in [0.1, 0.15) is 28.1 Å². The van der Waals surface area contributed by atoms with Gasteiger partial charge in [-0.05, 0) is 38.8 Å². The van der Waals surface area contributed by atoms with Gasteiger partial charge in [-0.15, -0.1) is 35.3 Å². The first kappa shape index (κ1) is 21.7. The fourth-order valence-corrected chi connectivity index (χ4v) is 3.83. The van der Waals surface area contributed by atoms with Gasteiger partial charge in [0.05, 0.1) is 10.7 Å². The van der Waals surface area contributed by atoms with Gasteiger partial charge in [0.25, 0.3) is 0 Å². The third-order valence-corrected chi connectivity index (χ3v) is 5.51. The van der Waals surface area contributed by atoms with Crippen LogP contribution in [0.25, 0.3) is 10.9 Å². The Morgan fingerprint density at radius 1 is 1.19 bits per heavy atom. The Balaban J connectivity index is 0.00000261. The lowest BCUT2D eigenvalue weighted by Crippen LogP contribution is -2.38. The average Bonchev–Trinajstić information content (AvgIpc) is 3.18. The van der Waals surface area contributed by atoms with E-state index in [1.807, 2.05) is 0 Å². The normalized spacial score (nSPS) is 11.4. The summed E-state index contributed by atoms with van der Waals surface area (Å²) in [5.74, 6) is 0.873. The molecule has 3 N–H and O–H groups in total. The van der Waals surface area contributed by atoms with Crippen LogP contribution in [0.2, 0.25) is 0 Å². The van der Waals surface area contributed by atoms with Crippen molar-refractivity contribution in [1.82, 2.24) is 20.6 Å². The van der Waals surface area contributed by atoms with E-state index in [1.54, 1.807) is 11.3 Å². The molecule has 0 saturated carbocycles. The minimum absolute atomic E-state index is 0. The summed E-state index contributed by atoms with van der Waals surface area (Å²) in [6.07, 6.45) is 3.95. The number of benzene rings is 1. The van der Waals surface area contributed by atoms with E-state index in [-0.39, 0.29) is 24.0 Å². The van der Waals surface area contributed by atoms with Crippen molar-refractivity contribution >= 4 is 52.2 Å². The first-order chi connectivity index (χ1) is 12.7. The molecule has 2 heterocycles. The Bertz CT molecular complexity index is 864. The minimum Gasteiger partial charge on any atom is -0.361 e. The zero-order valence-corrected chi connectivity index (χ0v) is 19.3. The second-order valence-corrected chi connectivity index (χ2v) is 7.58. The van der Waals surface area contributed by atoms with Gasteiger partial charge in [-0.1, -0.05) is 18.2 Å². The Morgan fingerprint density at radius 3 is 2.74 bits per heavy atom. The topological polar surface area (TPSA) is 65.1 Å². The summed E-state index contributed by atoms with van der Waals surface area (Å²) in [6, 6.07) is 8.42. The van der Waals surface area contributed by atoms with Crippen molar-refractivity contribution in [3.63, 3.8) is 0 Å². The fraction of sp³-hybridized carbons (Fsp3) is 0.400. The number of thiazole rings is 1. The molecule has 0 unspecified atom stereocenters. The maximum atomic E-state index is 4.68. The van der Waals surface area contributed by atoms with Crippen molar-refractivity contribution in [3.8, 4) is 0 Å². The smallest absolute Gasteiger partial charge is 0.191 e. The number of hydrogen-bond acceptors (Lipinski definition) is 3. The number of hydrogen-bond donors (Lipinski definition) is 3. The summed E-state index contributed by atoms with van der Waals surface area (Å²) in [7, 11) is 0. The van der Waals surface area contributed by atoms with Gasteiger partial charge in [-0.3, -0.25) is 4.99 Å². The fourth-order valence-electron chi connectivity index (χ4n) is 2.91. The van der Waals surface area contributed by atoms with Crippen LogP contribution in [-0.2, 0) is 12.8 Å². The van der Waals surface area contributed by atoms with Crippen molar-refractivity contribution in [1.29, 1.82) is 0 Å². The Kier molecular flexibility index (Phi) is 8.56. The van der Waals surface area contributed by atoms with Crippen LogP contribution >= 0.6 is 35.3 Å². The van der Waals surface area contributed by atoms with E-state index in [0.29, 0.717) is 0 Å². The highest BCUT2D eigenvalue weighted by molar-refractivity contribution is 14.0. The molecule has 3 rings (SSSR count). The number of para-hydroxylation sites is 1. The van der Waals surface area contributed by atoms with Gasteiger partial charge >= 0.3 is 0 Å². The molecule has 3 aromatic rings. The zero-order chi connectivity index (χ0) is 18.4. The molecular formula is C20H28IN5S. The van der Waals surface area contributed by atoms with Crippen LogP contribution in [0.3, 0.4) is 0 Å². The maximum absolute atomic E-state index is 4.68. The van der Waals surface area contributed by atoms with Gasteiger partial charge < -0.3 is 15.6 Å². The lowest BCUT2D eigenvalue weighted by atomic mass is 10.1. The van der Waals surface area contributed by atoms with Crippen LogP contribution < -0.4 is 10.6 Å². The molecule has 1 aromatic carbocycles. The summed E-state index contributed by atoms with van der Waals surface area (Å²) in [4.78, 5) is 13.9. The number of fused-ring (bicyclic) bond motifs is 1. The Hall–Kier alpha value is -1.61. The molecule has 0 radical (unpaired) electrons. The summed E-state index contributed by atoms with van der Waals surface area (Å²) in [5.41, 5.74) is 3.66. The number of H-pyrrole nitrogens is 1. The molecule has 0 amide bonds. The van der Waals surface area contributed by atoms with Gasteiger partial charge in [-0.25, -0.2) is 4.98 Å². The predicted octanol–water partition coefficient (Wildman–Crippen LogP) is 4.20. The number of nitrogens with one attached hydrogen (secondary N) is 3. The van der Waals surface area contributed by atoms with Gasteiger partial charge in [0, 0.05) is 48.0 Å². The number of aromatic nitrogens is 2. The average molecular weight is 497 g/mol. The predicted molar refractivity (Wildman–Crippen MR) is 127 cm³/mol.